The van der Waals surface area contributed by atoms with Crippen molar-refractivity contribution in [2.24, 2.45) is 0 Å². The van der Waals surface area contributed by atoms with Gasteiger partial charge in [-0.3, -0.25) is 4.79 Å². The molecule has 2 rings (SSSR count). The molecule has 0 fully saturated rings. The number of nitrogens with zero attached hydrogens (tertiary/aromatic N) is 3. The average Bonchev–Trinajstić information content (AvgIpc) is 3.16. The van der Waals surface area contributed by atoms with E-state index in [1.807, 2.05) is 0 Å². The molecule has 12 heteroatoms. The van der Waals surface area contributed by atoms with E-state index in [2.05, 4.69) is 20.0 Å². The smallest absolute Gasteiger partial charge is 0.358 e. The van der Waals surface area contributed by atoms with Crippen molar-refractivity contribution in [1.29, 1.82) is 0 Å². The first-order chi connectivity index (χ1) is 13.7. The molecule has 158 valence electrons. The predicted octanol–water partition coefficient (Wildman–Crippen LogP) is 2.16. The van der Waals surface area contributed by atoms with Crippen LogP contribution in [0, 0.1) is 0 Å². The zero-order valence-corrected chi connectivity index (χ0v) is 15.3. The summed E-state index contributed by atoms with van der Waals surface area (Å²) in [6.45, 7) is 0.915. The number of esters is 1. The van der Waals surface area contributed by atoms with Crippen molar-refractivity contribution in [3.8, 4) is 5.88 Å². The van der Waals surface area contributed by atoms with Gasteiger partial charge in [0.15, 0.2) is 12.3 Å². The molecule has 0 aliphatic rings. The van der Waals surface area contributed by atoms with Gasteiger partial charge in [0, 0.05) is 31.5 Å². The van der Waals surface area contributed by atoms with E-state index in [1.54, 1.807) is 11.5 Å². The quantitative estimate of drug-likeness (QED) is 0.469. The number of alkyl halides is 4. The van der Waals surface area contributed by atoms with E-state index < -0.39 is 30.8 Å². The number of rotatable bonds is 10. The highest BCUT2D eigenvalue weighted by Gasteiger charge is 2.41. The highest BCUT2D eigenvalue weighted by molar-refractivity contribution is 5.93. The van der Waals surface area contributed by atoms with Crippen molar-refractivity contribution in [1.82, 2.24) is 19.9 Å². The van der Waals surface area contributed by atoms with Gasteiger partial charge >= 0.3 is 18.3 Å². The summed E-state index contributed by atoms with van der Waals surface area (Å²) in [7, 11) is 0. The molecule has 8 nitrogen and oxygen atoms in total. The minimum Gasteiger partial charge on any atom is -0.471 e. The van der Waals surface area contributed by atoms with Crippen molar-refractivity contribution in [2.75, 3.05) is 19.8 Å². The molecule has 0 unspecified atom stereocenters. The van der Waals surface area contributed by atoms with Gasteiger partial charge in [0.1, 0.15) is 0 Å². The number of ether oxygens (including phenoxy) is 2. The van der Waals surface area contributed by atoms with Crippen LogP contribution in [0.2, 0.25) is 0 Å². The van der Waals surface area contributed by atoms with Crippen LogP contribution in [0.1, 0.15) is 27.8 Å². The first-order valence-electron chi connectivity index (χ1n) is 8.45. The van der Waals surface area contributed by atoms with Crippen LogP contribution in [0.4, 0.5) is 17.6 Å². The van der Waals surface area contributed by atoms with E-state index in [1.165, 1.54) is 18.6 Å². The monoisotopic (exact) mass is 418 g/mol. The zero-order valence-electron chi connectivity index (χ0n) is 15.3. The second-order valence-electron chi connectivity index (χ2n) is 5.71. The van der Waals surface area contributed by atoms with Gasteiger partial charge in [-0.05, 0) is 13.0 Å². The lowest BCUT2D eigenvalue weighted by Gasteiger charge is -2.15. The molecule has 1 amide bonds. The maximum Gasteiger partial charge on any atom is 0.358 e. The molecule has 0 aliphatic heterocycles. The van der Waals surface area contributed by atoms with Gasteiger partial charge in [0.2, 0.25) is 5.88 Å². The van der Waals surface area contributed by atoms with Crippen LogP contribution in [-0.4, -0.2) is 58.5 Å². The summed E-state index contributed by atoms with van der Waals surface area (Å²) in [6.07, 6.45) is 0.117. The van der Waals surface area contributed by atoms with Crippen molar-refractivity contribution in [3.63, 3.8) is 0 Å². The molecule has 29 heavy (non-hydrogen) atoms. The second-order valence-corrected chi connectivity index (χ2v) is 5.71. The number of pyridine rings is 1. The van der Waals surface area contributed by atoms with Crippen LogP contribution in [0.15, 0.2) is 30.9 Å². The minimum atomic E-state index is -4.29. The Kier molecular flexibility index (Phi) is 7.51. The van der Waals surface area contributed by atoms with E-state index in [9.17, 15) is 27.2 Å². The normalized spacial score (nSPS) is 11.4. The van der Waals surface area contributed by atoms with Crippen molar-refractivity contribution >= 4 is 11.9 Å². The van der Waals surface area contributed by atoms with Gasteiger partial charge in [-0.1, -0.05) is 0 Å². The second kappa shape index (κ2) is 9.85. The molecule has 0 atom stereocenters. The Morgan fingerprint density at radius 1 is 1.28 bits per heavy atom. The largest absolute Gasteiger partial charge is 0.471 e. The van der Waals surface area contributed by atoms with E-state index in [0.717, 1.165) is 12.3 Å². The SMILES string of the molecule is CCOC(=O)c1cn(CCNC(=O)c2ccc(OCC(F)(F)C(F)F)nc2)cn1. The Hall–Kier alpha value is -3.18. The first-order valence-corrected chi connectivity index (χ1v) is 8.45. The Bertz CT molecular complexity index is 827. The molecule has 0 saturated heterocycles. The molecule has 0 saturated carbocycles. The molecule has 2 aromatic rings. The third-order valence-electron chi connectivity index (χ3n) is 3.50. The maximum absolute atomic E-state index is 12.8. The number of hydrogen-bond donors (Lipinski definition) is 1. The Labute approximate surface area is 162 Å². The van der Waals surface area contributed by atoms with E-state index in [4.69, 9.17) is 4.74 Å². The highest BCUT2D eigenvalue weighted by Crippen LogP contribution is 2.23. The van der Waals surface area contributed by atoms with Gasteiger partial charge < -0.3 is 19.4 Å². The summed E-state index contributed by atoms with van der Waals surface area (Å²) in [5.74, 6) is -5.65. The molecule has 0 spiro atoms. The fourth-order valence-electron chi connectivity index (χ4n) is 2.03. The Morgan fingerprint density at radius 2 is 2.03 bits per heavy atom. The first kappa shape index (κ1) is 22.1. The van der Waals surface area contributed by atoms with Crippen molar-refractivity contribution in [3.05, 3.63) is 42.1 Å². The Morgan fingerprint density at radius 3 is 2.66 bits per heavy atom. The number of imidazole rings is 1. The predicted molar refractivity (Wildman–Crippen MR) is 91.2 cm³/mol. The number of nitrogens with one attached hydrogen (secondary N) is 1. The molecule has 0 radical (unpaired) electrons. The van der Waals surface area contributed by atoms with Crippen LogP contribution < -0.4 is 10.1 Å². The van der Waals surface area contributed by atoms with Gasteiger partial charge in [-0.2, -0.15) is 8.78 Å². The highest BCUT2D eigenvalue weighted by atomic mass is 19.3. The third kappa shape index (κ3) is 6.43. The maximum atomic E-state index is 12.8. The van der Waals surface area contributed by atoms with Crippen LogP contribution in [0.25, 0.3) is 0 Å². The molecule has 2 heterocycles. The number of hydrogen-bond acceptors (Lipinski definition) is 6. The summed E-state index contributed by atoms with van der Waals surface area (Å²) in [5.41, 5.74) is 0.270. The van der Waals surface area contributed by atoms with E-state index in [-0.39, 0.29) is 30.3 Å². The lowest BCUT2D eigenvalue weighted by Crippen LogP contribution is -2.33. The molecular weight excluding hydrogens is 400 g/mol. The van der Waals surface area contributed by atoms with Gasteiger partial charge in [0.25, 0.3) is 5.91 Å². The number of carbonyl (C=O) groups is 2. The molecule has 0 bridgehead atoms. The summed E-state index contributed by atoms with van der Waals surface area (Å²) in [4.78, 5) is 31.1. The summed E-state index contributed by atoms with van der Waals surface area (Å²) in [5, 5.41) is 2.60. The van der Waals surface area contributed by atoms with Crippen LogP contribution >= 0.6 is 0 Å². The van der Waals surface area contributed by atoms with Gasteiger partial charge in [0.05, 0.1) is 18.5 Å². The zero-order chi connectivity index (χ0) is 21.4. The molecule has 0 aromatic carbocycles. The lowest BCUT2D eigenvalue weighted by atomic mass is 10.2. The fraction of sp³-hybridized carbons (Fsp3) is 0.412. The number of halogens is 4. The molecule has 0 aliphatic carbocycles. The standard InChI is InChI=1S/C17H18F4N4O4/c1-2-28-15(27)12-8-25(10-24-12)6-5-22-14(26)11-3-4-13(23-7-11)29-9-17(20,21)16(18)19/h3-4,7-8,10,16H,2,5-6,9H2,1H3,(H,22,26). The fourth-order valence-corrected chi connectivity index (χ4v) is 2.03. The molecule has 2 aromatic heterocycles. The number of amides is 1. The van der Waals surface area contributed by atoms with Gasteiger partial charge in [-0.25, -0.2) is 23.5 Å². The summed E-state index contributed by atoms with van der Waals surface area (Å²) < 4.78 is 60.7. The van der Waals surface area contributed by atoms with E-state index in [0.29, 0.717) is 6.54 Å². The van der Waals surface area contributed by atoms with Crippen LogP contribution in [0.3, 0.4) is 0 Å². The van der Waals surface area contributed by atoms with E-state index >= 15 is 0 Å². The molecule has 1 N–H and O–H groups in total. The van der Waals surface area contributed by atoms with Crippen LogP contribution in [-0.2, 0) is 11.3 Å². The molecular formula is C17H18F4N4O4. The number of aromatic nitrogens is 3. The summed E-state index contributed by atoms with van der Waals surface area (Å²) >= 11 is 0. The minimum absolute atomic E-state index is 0.121. The van der Waals surface area contributed by atoms with Crippen molar-refractivity contribution in [2.45, 2.75) is 25.8 Å². The average molecular weight is 418 g/mol. The lowest BCUT2D eigenvalue weighted by molar-refractivity contribution is -0.148. The Balaban J connectivity index is 1.80. The summed E-state index contributed by atoms with van der Waals surface area (Å²) in [6, 6.07) is 2.38. The van der Waals surface area contributed by atoms with Crippen molar-refractivity contribution < 1.29 is 36.6 Å². The third-order valence-corrected chi connectivity index (χ3v) is 3.50. The topological polar surface area (TPSA) is 95.3 Å². The van der Waals surface area contributed by atoms with Crippen LogP contribution in [0.5, 0.6) is 5.88 Å². The van der Waals surface area contributed by atoms with Gasteiger partial charge in [-0.15, -0.1) is 0 Å². The number of carbonyl (C=O) groups excluding carboxylic acids is 2.